The van der Waals surface area contributed by atoms with Crippen LogP contribution in [0.4, 0.5) is 5.69 Å². The molecular weight excluding hydrogens is 339 g/mol. The molecule has 0 fully saturated rings. The number of allylic oxidation sites excluding steroid dienone is 1. The number of H-pyrrole nitrogens is 1. The average molecular weight is 347 g/mol. The van der Waals surface area contributed by atoms with Gasteiger partial charge in [0.25, 0.3) is 0 Å². The molecule has 3 rings (SSSR count). The Labute approximate surface area is 140 Å². The first-order chi connectivity index (χ1) is 11.2. The maximum absolute atomic E-state index is 9.08. The van der Waals surface area contributed by atoms with Crippen LogP contribution < -0.4 is 5.32 Å². The van der Waals surface area contributed by atoms with E-state index in [0.29, 0.717) is 5.15 Å². The molecule has 0 aliphatic heterocycles. The van der Waals surface area contributed by atoms with E-state index in [0.717, 1.165) is 11.4 Å². The number of aromatic nitrogens is 6. The van der Waals surface area contributed by atoms with Crippen LogP contribution in [0.2, 0.25) is 10.3 Å². The molecule has 0 unspecified atom stereocenters. The number of benzene rings is 1. The fraction of sp³-hybridized carbons (Fsp3) is 0. The Hall–Kier alpha value is -2.89. The Morgan fingerprint density at radius 2 is 2.09 bits per heavy atom. The fourth-order valence-electron chi connectivity index (χ4n) is 1.79. The molecule has 23 heavy (non-hydrogen) atoms. The molecule has 0 saturated carbocycles. The lowest BCUT2D eigenvalue weighted by Crippen LogP contribution is -1.95. The van der Waals surface area contributed by atoms with Crippen molar-refractivity contribution < 1.29 is 0 Å². The van der Waals surface area contributed by atoms with E-state index in [4.69, 9.17) is 28.5 Å². The van der Waals surface area contributed by atoms with E-state index >= 15 is 0 Å². The Kier molecular flexibility index (Phi) is 4.23. The molecule has 0 atom stereocenters. The lowest BCUT2D eigenvalue weighted by molar-refractivity contribution is 0.881. The number of rotatable bonds is 4. The molecule has 0 aliphatic carbocycles. The van der Waals surface area contributed by atoms with Gasteiger partial charge >= 0.3 is 0 Å². The zero-order valence-corrected chi connectivity index (χ0v) is 12.9. The summed E-state index contributed by atoms with van der Waals surface area (Å²) in [6.07, 6.45) is 3.04. The summed E-state index contributed by atoms with van der Waals surface area (Å²) in [4.78, 5) is 3.93. The second-order valence-corrected chi connectivity index (χ2v) is 5.01. The molecule has 0 saturated heterocycles. The third-order valence-electron chi connectivity index (χ3n) is 2.90. The van der Waals surface area contributed by atoms with Crippen molar-refractivity contribution in [1.29, 1.82) is 5.26 Å². The predicted octanol–water partition coefficient (Wildman–Crippen LogP) is 2.67. The number of anilines is 1. The number of imidazole rings is 1. The molecule has 3 aromatic rings. The van der Waals surface area contributed by atoms with Crippen LogP contribution in [0.3, 0.4) is 0 Å². The van der Waals surface area contributed by atoms with Crippen LogP contribution in [0.5, 0.6) is 0 Å². The Morgan fingerprint density at radius 1 is 1.30 bits per heavy atom. The maximum atomic E-state index is 9.08. The van der Waals surface area contributed by atoms with Crippen molar-refractivity contribution in [3.8, 4) is 11.8 Å². The summed E-state index contributed by atoms with van der Waals surface area (Å²) in [7, 11) is 0. The highest BCUT2D eigenvalue weighted by molar-refractivity contribution is 6.40. The normalized spacial score (nSPS) is 11.3. The van der Waals surface area contributed by atoms with Gasteiger partial charge in [0.05, 0.1) is 0 Å². The van der Waals surface area contributed by atoms with E-state index in [1.807, 2.05) is 30.3 Å². The summed E-state index contributed by atoms with van der Waals surface area (Å²) in [5.74, 6) is 0.219. The van der Waals surface area contributed by atoms with Crippen molar-refractivity contribution >= 4 is 34.5 Å². The number of nitrogens with zero attached hydrogens (tertiary/aromatic N) is 6. The van der Waals surface area contributed by atoms with E-state index in [2.05, 4.69) is 30.9 Å². The predicted molar refractivity (Wildman–Crippen MR) is 85.0 cm³/mol. The SMILES string of the molecule is N#C/C(=C/Nc1ccc(-n2cnc(Cl)c2Cl)cc1)c1nn[nH]n1. The lowest BCUT2D eigenvalue weighted by atomic mass is 10.2. The van der Waals surface area contributed by atoms with Crippen LogP contribution in [0.15, 0.2) is 36.8 Å². The van der Waals surface area contributed by atoms with E-state index in [1.165, 1.54) is 12.5 Å². The van der Waals surface area contributed by atoms with Gasteiger partial charge in [-0.15, -0.1) is 10.2 Å². The van der Waals surface area contributed by atoms with Gasteiger partial charge in [0.2, 0.25) is 5.82 Å². The van der Waals surface area contributed by atoms with E-state index in [1.54, 1.807) is 4.57 Å². The van der Waals surface area contributed by atoms with Crippen molar-refractivity contribution in [2.24, 2.45) is 0 Å². The third kappa shape index (κ3) is 3.15. The molecule has 0 aliphatic rings. The number of tetrazole rings is 1. The summed E-state index contributed by atoms with van der Waals surface area (Å²) < 4.78 is 1.66. The first kappa shape index (κ1) is 15.0. The minimum Gasteiger partial charge on any atom is -0.360 e. The second kappa shape index (κ2) is 6.48. The van der Waals surface area contributed by atoms with Gasteiger partial charge < -0.3 is 5.32 Å². The highest BCUT2D eigenvalue weighted by atomic mass is 35.5. The largest absolute Gasteiger partial charge is 0.360 e. The molecule has 114 valence electrons. The van der Waals surface area contributed by atoms with E-state index in [9.17, 15) is 0 Å². The van der Waals surface area contributed by atoms with Crippen molar-refractivity contribution in [3.63, 3.8) is 0 Å². The van der Waals surface area contributed by atoms with E-state index < -0.39 is 0 Å². The van der Waals surface area contributed by atoms with Crippen LogP contribution in [-0.4, -0.2) is 30.2 Å². The topological polar surface area (TPSA) is 108 Å². The van der Waals surface area contributed by atoms with Gasteiger partial charge in [-0.3, -0.25) is 4.57 Å². The summed E-state index contributed by atoms with van der Waals surface area (Å²) in [6.45, 7) is 0. The number of hydrogen-bond donors (Lipinski definition) is 2. The van der Waals surface area contributed by atoms with Crippen molar-refractivity contribution in [2.45, 2.75) is 0 Å². The molecule has 1 aromatic carbocycles. The zero-order valence-electron chi connectivity index (χ0n) is 11.4. The monoisotopic (exact) mass is 346 g/mol. The van der Waals surface area contributed by atoms with Gasteiger partial charge in [-0.05, 0) is 29.5 Å². The number of hydrogen-bond acceptors (Lipinski definition) is 6. The molecule has 2 aromatic heterocycles. The van der Waals surface area contributed by atoms with Crippen LogP contribution in [0.1, 0.15) is 5.82 Å². The van der Waals surface area contributed by atoms with Crippen LogP contribution in [0, 0.1) is 11.3 Å². The minimum absolute atomic E-state index is 0.219. The van der Waals surface area contributed by atoms with Crippen LogP contribution >= 0.6 is 23.2 Å². The van der Waals surface area contributed by atoms with Gasteiger partial charge in [-0.25, -0.2) is 4.98 Å². The molecule has 2 N–H and O–H groups in total. The molecule has 0 amide bonds. The Balaban J connectivity index is 1.78. The van der Waals surface area contributed by atoms with Crippen LogP contribution in [-0.2, 0) is 0 Å². The van der Waals surface area contributed by atoms with Gasteiger partial charge in [0.1, 0.15) is 18.0 Å². The standard InChI is InChI=1S/C13H8Cl2N8/c14-11-12(15)23(7-18-11)10-3-1-9(2-4-10)17-6-8(5-16)13-19-21-22-20-13/h1-4,6-7,17H,(H,19,20,21,22)/b8-6-. The van der Waals surface area contributed by atoms with Gasteiger partial charge in [0.15, 0.2) is 10.3 Å². The summed E-state index contributed by atoms with van der Waals surface area (Å²) in [5, 5.41) is 25.9. The third-order valence-corrected chi connectivity index (χ3v) is 3.64. The first-order valence-electron chi connectivity index (χ1n) is 6.28. The van der Waals surface area contributed by atoms with Gasteiger partial charge in [-0.1, -0.05) is 23.2 Å². The number of nitrogens with one attached hydrogen (secondary N) is 2. The van der Waals surface area contributed by atoms with Gasteiger partial charge in [0, 0.05) is 17.6 Å². The first-order valence-corrected chi connectivity index (χ1v) is 7.04. The smallest absolute Gasteiger partial charge is 0.216 e. The lowest BCUT2D eigenvalue weighted by Gasteiger charge is -2.06. The van der Waals surface area contributed by atoms with Crippen molar-refractivity contribution in [1.82, 2.24) is 30.2 Å². The molecule has 2 heterocycles. The zero-order chi connectivity index (χ0) is 16.2. The summed E-state index contributed by atoms with van der Waals surface area (Å²) in [6, 6.07) is 9.30. The molecule has 8 nitrogen and oxygen atoms in total. The van der Waals surface area contributed by atoms with E-state index in [-0.39, 0.29) is 16.6 Å². The highest BCUT2D eigenvalue weighted by Crippen LogP contribution is 2.24. The van der Waals surface area contributed by atoms with Gasteiger partial charge in [-0.2, -0.15) is 10.5 Å². The molecule has 0 spiro atoms. The highest BCUT2D eigenvalue weighted by Gasteiger charge is 2.08. The Bertz CT molecular complexity index is 874. The van der Waals surface area contributed by atoms with Crippen molar-refractivity contribution in [2.75, 3.05) is 5.32 Å². The molecule has 0 radical (unpaired) electrons. The van der Waals surface area contributed by atoms with Crippen molar-refractivity contribution in [3.05, 3.63) is 52.9 Å². The second-order valence-electron chi connectivity index (χ2n) is 4.29. The number of nitriles is 1. The quantitative estimate of drug-likeness (QED) is 0.703. The number of aromatic amines is 1. The average Bonchev–Trinajstić information content (AvgIpc) is 3.21. The summed E-state index contributed by atoms with van der Waals surface area (Å²) in [5.41, 5.74) is 1.84. The minimum atomic E-state index is 0.219. The molecule has 10 heteroatoms. The van der Waals surface area contributed by atoms with Crippen LogP contribution in [0.25, 0.3) is 11.3 Å². The molecular formula is C13H8Cl2N8. The molecule has 0 bridgehead atoms. The maximum Gasteiger partial charge on any atom is 0.216 e. The Morgan fingerprint density at radius 3 is 2.65 bits per heavy atom. The number of halogens is 2. The fourth-order valence-corrected chi connectivity index (χ4v) is 2.11. The summed E-state index contributed by atoms with van der Waals surface area (Å²) >= 11 is 11.9.